The molecule has 170 valence electrons. The number of halogens is 2. The third kappa shape index (κ3) is 5.97. The zero-order valence-electron chi connectivity index (χ0n) is 18.4. The molecule has 2 aliphatic rings. The van der Waals surface area contributed by atoms with E-state index in [0.29, 0.717) is 17.1 Å². The molecule has 32 heavy (non-hydrogen) atoms. The summed E-state index contributed by atoms with van der Waals surface area (Å²) < 4.78 is 14.1. The molecule has 2 aromatic carbocycles. The van der Waals surface area contributed by atoms with E-state index in [-0.39, 0.29) is 17.6 Å². The van der Waals surface area contributed by atoms with Gasteiger partial charge < -0.3 is 4.90 Å². The first-order valence-electron chi connectivity index (χ1n) is 11.5. The number of amides is 1. The predicted molar refractivity (Wildman–Crippen MR) is 128 cm³/mol. The van der Waals surface area contributed by atoms with Gasteiger partial charge in [-0.3, -0.25) is 14.6 Å². The van der Waals surface area contributed by atoms with E-state index in [1.807, 2.05) is 23.1 Å². The molecule has 0 aromatic heterocycles. The van der Waals surface area contributed by atoms with Crippen LogP contribution < -0.4 is 0 Å². The van der Waals surface area contributed by atoms with Crippen molar-refractivity contribution in [3.63, 3.8) is 0 Å². The van der Waals surface area contributed by atoms with E-state index in [4.69, 9.17) is 11.6 Å². The normalized spacial score (nSPS) is 19.0. The maximum atomic E-state index is 14.1. The highest BCUT2D eigenvalue weighted by atomic mass is 35.5. The number of nitrogens with zero attached hydrogens (tertiary/aromatic N) is 3. The van der Waals surface area contributed by atoms with Crippen LogP contribution in [0.1, 0.15) is 24.0 Å². The van der Waals surface area contributed by atoms with Gasteiger partial charge in [0.25, 0.3) is 0 Å². The second-order valence-corrected chi connectivity index (χ2v) is 9.10. The van der Waals surface area contributed by atoms with Crippen LogP contribution in [0.4, 0.5) is 4.39 Å². The molecule has 6 heteroatoms. The number of piperidine rings is 1. The Balaban J connectivity index is 1.19. The van der Waals surface area contributed by atoms with Crippen molar-refractivity contribution in [2.75, 3.05) is 45.8 Å². The smallest absolute Gasteiger partial charge is 0.225 e. The van der Waals surface area contributed by atoms with Crippen LogP contribution in [-0.2, 0) is 11.3 Å². The number of piperazine rings is 1. The van der Waals surface area contributed by atoms with E-state index in [2.05, 4.69) is 34.1 Å². The molecule has 2 fully saturated rings. The van der Waals surface area contributed by atoms with Gasteiger partial charge in [-0.05, 0) is 43.6 Å². The predicted octanol–water partition coefficient (Wildman–Crippen LogP) is 4.55. The summed E-state index contributed by atoms with van der Waals surface area (Å²) in [5.74, 6) is 0.104. The largest absolute Gasteiger partial charge is 0.340 e. The Morgan fingerprint density at radius 1 is 0.938 bits per heavy atom. The van der Waals surface area contributed by atoms with Gasteiger partial charge in [0.15, 0.2) is 0 Å². The number of carbonyl (C=O) groups excluding carboxylic acids is 1. The van der Waals surface area contributed by atoms with Gasteiger partial charge in [-0.2, -0.15) is 0 Å². The van der Waals surface area contributed by atoms with Crippen LogP contribution in [-0.4, -0.2) is 66.4 Å². The first kappa shape index (κ1) is 23.0. The van der Waals surface area contributed by atoms with Crippen molar-refractivity contribution in [3.05, 3.63) is 76.6 Å². The van der Waals surface area contributed by atoms with E-state index in [9.17, 15) is 9.18 Å². The van der Waals surface area contributed by atoms with Crippen LogP contribution in [0.15, 0.2) is 54.6 Å². The third-order valence-electron chi connectivity index (χ3n) is 6.54. The molecule has 0 N–H and O–H groups in total. The Labute approximate surface area is 195 Å². The van der Waals surface area contributed by atoms with E-state index < -0.39 is 0 Å². The lowest BCUT2D eigenvalue weighted by Gasteiger charge is -2.38. The molecular formula is C26H31ClFN3O. The van der Waals surface area contributed by atoms with Gasteiger partial charge in [-0.1, -0.05) is 60.2 Å². The summed E-state index contributed by atoms with van der Waals surface area (Å²) in [5, 5.41) is 0.472. The second-order valence-electron chi connectivity index (χ2n) is 8.69. The highest BCUT2D eigenvalue weighted by Gasteiger charge is 2.30. The van der Waals surface area contributed by atoms with E-state index in [0.717, 1.165) is 58.7 Å². The van der Waals surface area contributed by atoms with Gasteiger partial charge in [0.1, 0.15) is 5.82 Å². The molecular weight excluding hydrogens is 425 g/mol. The SMILES string of the molecule is O=C(C1CCN(Cc2c(F)cccc2Cl)CC1)N1CCN(CC=Cc2ccccc2)CC1. The standard InChI is InChI=1S/C26H31ClFN3O/c27-24-9-4-10-25(28)23(24)20-30-14-11-22(12-15-30)26(32)31-18-16-29(17-19-31)13-5-8-21-6-2-1-3-7-21/h1-10,22H,11-20H2. The number of benzene rings is 2. The molecule has 0 atom stereocenters. The maximum absolute atomic E-state index is 14.1. The molecule has 2 aromatic rings. The molecule has 4 nitrogen and oxygen atoms in total. The Bertz CT molecular complexity index is 900. The van der Waals surface area contributed by atoms with Crippen molar-refractivity contribution in [1.82, 2.24) is 14.7 Å². The summed E-state index contributed by atoms with van der Waals surface area (Å²) in [6.07, 6.45) is 6.00. The Kier molecular flexibility index (Phi) is 7.95. The number of carbonyl (C=O) groups is 1. The average molecular weight is 456 g/mol. The molecule has 0 radical (unpaired) electrons. The molecule has 2 saturated heterocycles. The first-order chi connectivity index (χ1) is 15.6. The number of hydrogen-bond donors (Lipinski definition) is 0. The number of rotatable bonds is 6. The van der Waals surface area contributed by atoms with Gasteiger partial charge in [0.05, 0.1) is 0 Å². The summed E-state index contributed by atoms with van der Waals surface area (Å²) in [5.41, 5.74) is 1.77. The van der Waals surface area contributed by atoms with Gasteiger partial charge >= 0.3 is 0 Å². The van der Waals surface area contributed by atoms with Crippen molar-refractivity contribution in [3.8, 4) is 0 Å². The fraction of sp³-hybridized carbons (Fsp3) is 0.423. The average Bonchev–Trinajstić information content (AvgIpc) is 2.83. The molecule has 2 aliphatic heterocycles. The lowest BCUT2D eigenvalue weighted by atomic mass is 9.94. The van der Waals surface area contributed by atoms with Crippen molar-refractivity contribution in [2.24, 2.45) is 5.92 Å². The highest BCUT2D eigenvalue weighted by molar-refractivity contribution is 6.31. The fourth-order valence-electron chi connectivity index (χ4n) is 4.56. The molecule has 0 saturated carbocycles. The van der Waals surface area contributed by atoms with Gasteiger partial charge in [0, 0.05) is 55.8 Å². The molecule has 0 bridgehead atoms. The van der Waals surface area contributed by atoms with Crippen LogP contribution >= 0.6 is 11.6 Å². The molecule has 0 unspecified atom stereocenters. The highest BCUT2D eigenvalue weighted by Crippen LogP contribution is 2.25. The maximum Gasteiger partial charge on any atom is 0.225 e. The third-order valence-corrected chi connectivity index (χ3v) is 6.89. The molecule has 4 rings (SSSR count). The fourth-order valence-corrected chi connectivity index (χ4v) is 4.78. The summed E-state index contributed by atoms with van der Waals surface area (Å²) >= 11 is 6.17. The topological polar surface area (TPSA) is 26.8 Å². The summed E-state index contributed by atoms with van der Waals surface area (Å²) in [6, 6.07) is 15.1. The van der Waals surface area contributed by atoms with Gasteiger partial charge in [0.2, 0.25) is 5.91 Å². The van der Waals surface area contributed by atoms with Crippen molar-refractivity contribution >= 4 is 23.6 Å². The zero-order valence-corrected chi connectivity index (χ0v) is 19.2. The monoisotopic (exact) mass is 455 g/mol. The van der Waals surface area contributed by atoms with Crippen LogP contribution in [0.25, 0.3) is 6.08 Å². The van der Waals surface area contributed by atoms with E-state index >= 15 is 0 Å². The van der Waals surface area contributed by atoms with Gasteiger partial charge in [-0.25, -0.2) is 4.39 Å². The quantitative estimate of drug-likeness (QED) is 0.639. The summed E-state index contributed by atoms with van der Waals surface area (Å²) in [6.45, 7) is 6.42. The van der Waals surface area contributed by atoms with Crippen molar-refractivity contribution < 1.29 is 9.18 Å². The van der Waals surface area contributed by atoms with Crippen LogP contribution in [0, 0.1) is 11.7 Å². The number of likely N-dealkylation sites (tertiary alicyclic amines) is 1. The summed E-state index contributed by atoms with van der Waals surface area (Å²) in [7, 11) is 0. The van der Waals surface area contributed by atoms with Crippen LogP contribution in [0.2, 0.25) is 5.02 Å². The van der Waals surface area contributed by atoms with Crippen LogP contribution in [0.5, 0.6) is 0 Å². The molecule has 2 heterocycles. The van der Waals surface area contributed by atoms with Crippen LogP contribution in [0.3, 0.4) is 0 Å². The lowest BCUT2D eigenvalue weighted by molar-refractivity contribution is -0.138. The Morgan fingerprint density at radius 2 is 1.66 bits per heavy atom. The van der Waals surface area contributed by atoms with Gasteiger partial charge in [-0.15, -0.1) is 0 Å². The molecule has 0 spiro atoms. The molecule has 1 amide bonds. The minimum Gasteiger partial charge on any atom is -0.340 e. The lowest BCUT2D eigenvalue weighted by Crippen LogP contribution is -2.51. The second kappa shape index (κ2) is 11.1. The Morgan fingerprint density at radius 3 is 2.34 bits per heavy atom. The zero-order chi connectivity index (χ0) is 22.3. The number of hydrogen-bond acceptors (Lipinski definition) is 3. The molecule has 0 aliphatic carbocycles. The first-order valence-corrected chi connectivity index (χ1v) is 11.9. The minimum absolute atomic E-state index is 0.0758. The van der Waals surface area contributed by atoms with Crippen molar-refractivity contribution in [1.29, 1.82) is 0 Å². The minimum atomic E-state index is -0.257. The van der Waals surface area contributed by atoms with Crippen molar-refractivity contribution in [2.45, 2.75) is 19.4 Å². The Hall–Kier alpha value is -2.21. The van der Waals surface area contributed by atoms with E-state index in [1.54, 1.807) is 12.1 Å². The van der Waals surface area contributed by atoms with E-state index in [1.165, 1.54) is 11.6 Å². The summed E-state index contributed by atoms with van der Waals surface area (Å²) in [4.78, 5) is 19.7.